The van der Waals surface area contributed by atoms with Gasteiger partial charge in [0.25, 0.3) is 0 Å². The third-order valence-corrected chi connectivity index (χ3v) is 3.80. The Morgan fingerprint density at radius 1 is 0.880 bits per heavy atom. The first-order valence-corrected chi connectivity index (χ1v) is 7.93. The molecule has 126 valence electrons. The number of nitrogens with zero attached hydrogens (tertiary/aromatic N) is 1. The second-order valence-corrected chi connectivity index (χ2v) is 5.69. The summed E-state index contributed by atoms with van der Waals surface area (Å²) in [6.07, 6.45) is 0. The molecule has 25 heavy (non-hydrogen) atoms. The minimum absolute atomic E-state index is 0.247. The molecular formula is C20H19N3O2. The van der Waals surface area contributed by atoms with E-state index in [1.807, 2.05) is 49.4 Å². The van der Waals surface area contributed by atoms with Gasteiger partial charge in [0.1, 0.15) is 0 Å². The maximum absolute atomic E-state index is 10.9. The molecule has 0 saturated heterocycles. The molecule has 3 N–H and O–H groups in total. The number of anilines is 1. The summed E-state index contributed by atoms with van der Waals surface area (Å²) in [5, 5.41) is 23.5. The standard InChI is InChI=1S/C20H19N3O2/c1-15-7-9-17(10-8-15)20(16-5-3-2-4-6-16)22-21-18-11-13-19(14-12-18)23(24)25/h2-14,21,23-24H,1H3. The van der Waals surface area contributed by atoms with E-state index in [1.165, 1.54) is 5.56 Å². The molecule has 1 atom stereocenters. The van der Waals surface area contributed by atoms with Crippen molar-refractivity contribution in [3.8, 4) is 0 Å². The Morgan fingerprint density at radius 3 is 2.08 bits per heavy atom. The molecule has 0 fully saturated rings. The Labute approximate surface area is 146 Å². The predicted octanol–water partition coefficient (Wildman–Crippen LogP) is 3.26. The van der Waals surface area contributed by atoms with Crippen LogP contribution >= 0.6 is 0 Å². The zero-order chi connectivity index (χ0) is 17.6. The van der Waals surface area contributed by atoms with Gasteiger partial charge in [-0.2, -0.15) is 10.3 Å². The summed E-state index contributed by atoms with van der Waals surface area (Å²) in [7, 11) is 0. The first kappa shape index (κ1) is 16.9. The Balaban J connectivity index is 1.91. The summed E-state index contributed by atoms with van der Waals surface area (Å²) in [4.78, 5) is 0. The zero-order valence-electron chi connectivity index (χ0n) is 13.8. The van der Waals surface area contributed by atoms with Crippen molar-refractivity contribution in [2.75, 3.05) is 5.43 Å². The van der Waals surface area contributed by atoms with Crippen molar-refractivity contribution in [2.24, 2.45) is 5.10 Å². The molecule has 3 rings (SSSR count). The van der Waals surface area contributed by atoms with Crippen LogP contribution in [0.4, 0.5) is 11.4 Å². The number of aryl methyl sites for hydroxylation is 1. The molecule has 3 aromatic carbocycles. The molecule has 0 aliphatic rings. The molecular weight excluding hydrogens is 314 g/mol. The summed E-state index contributed by atoms with van der Waals surface area (Å²) in [5.74, 6) is 0. The van der Waals surface area contributed by atoms with Crippen LogP contribution in [-0.2, 0) is 0 Å². The lowest BCUT2D eigenvalue weighted by atomic mass is 10.0. The van der Waals surface area contributed by atoms with Crippen molar-refractivity contribution in [2.45, 2.75) is 6.92 Å². The van der Waals surface area contributed by atoms with Crippen molar-refractivity contribution < 1.29 is 10.4 Å². The molecule has 0 radical (unpaired) electrons. The average Bonchev–Trinajstić information content (AvgIpc) is 2.64. The minimum atomic E-state index is -0.945. The zero-order valence-corrected chi connectivity index (χ0v) is 13.8. The Morgan fingerprint density at radius 2 is 1.48 bits per heavy atom. The number of quaternary nitrogens is 1. The molecule has 5 heteroatoms. The van der Waals surface area contributed by atoms with Gasteiger partial charge in [0.2, 0.25) is 0 Å². The third-order valence-electron chi connectivity index (χ3n) is 3.80. The van der Waals surface area contributed by atoms with Gasteiger partial charge in [0, 0.05) is 23.3 Å². The van der Waals surface area contributed by atoms with E-state index in [0.717, 1.165) is 22.5 Å². The predicted molar refractivity (Wildman–Crippen MR) is 99.1 cm³/mol. The SMILES string of the molecule is Cc1ccc(C(=NNc2ccc([NH+]([O-])O)cc2)c2ccccc2)cc1. The van der Waals surface area contributed by atoms with E-state index in [4.69, 9.17) is 5.21 Å². The van der Waals surface area contributed by atoms with Crippen LogP contribution in [0.5, 0.6) is 0 Å². The molecule has 0 spiro atoms. The normalized spacial score (nSPS) is 12.7. The fraction of sp³-hybridized carbons (Fsp3) is 0.0500. The number of nitrogens with one attached hydrogen (secondary N) is 2. The van der Waals surface area contributed by atoms with E-state index in [1.54, 1.807) is 24.3 Å². The van der Waals surface area contributed by atoms with Crippen LogP contribution in [0.25, 0.3) is 0 Å². The highest BCUT2D eigenvalue weighted by molar-refractivity contribution is 6.13. The van der Waals surface area contributed by atoms with Crippen molar-refractivity contribution in [3.05, 3.63) is 101 Å². The van der Waals surface area contributed by atoms with E-state index >= 15 is 0 Å². The summed E-state index contributed by atoms with van der Waals surface area (Å²) in [5.41, 5.74) is 8.01. The fourth-order valence-electron chi connectivity index (χ4n) is 2.41. The Bertz CT molecular complexity index is 842. The molecule has 0 amide bonds. The summed E-state index contributed by atoms with van der Waals surface area (Å²) in [6.45, 7) is 2.05. The van der Waals surface area contributed by atoms with Gasteiger partial charge in [-0.15, -0.1) is 0 Å². The largest absolute Gasteiger partial charge is 0.595 e. The second kappa shape index (κ2) is 7.72. The summed E-state index contributed by atoms with van der Waals surface area (Å²) >= 11 is 0. The Hall–Kier alpha value is -2.99. The van der Waals surface area contributed by atoms with E-state index in [2.05, 4.69) is 22.7 Å². The molecule has 3 aromatic rings. The lowest BCUT2D eigenvalue weighted by Gasteiger charge is -2.12. The van der Waals surface area contributed by atoms with Gasteiger partial charge in [0.05, 0.1) is 11.4 Å². The van der Waals surface area contributed by atoms with Gasteiger partial charge in [-0.05, 0) is 19.1 Å². The second-order valence-electron chi connectivity index (χ2n) is 5.69. The first-order chi connectivity index (χ1) is 12.1. The van der Waals surface area contributed by atoms with Crippen molar-refractivity contribution in [1.82, 2.24) is 0 Å². The molecule has 1 unspecified atom stereocenters. The van der Waals surface area contributed by atoms with Gasteiger partial charge in [-0.25, -0.2) is 5.21 Å². The topological polar surface area (TPSA) is 72.1 Å². The number of benzene rings is 3. The van der Waals surface area contributed by atoms with Gasteiger partial charge < -0.3 is 5.21 Å². The summed E-state index contributed by atoms with van der Waals surface area (Å²) < 4.78 is 0. The van der Waals surface area contributed by atoms with E-state index in [-0.39, 0.29) is 5.69 Å². The van der Waals surface area contributed by atoms with Crippen LogP contribution in [-0.4, -0.2) is 10.9 Å². The number of hydrogen-bond acceptors (Lipinski definition) is 4. The molecule has 5 nitrogen and oxygen atoms in total. The molecule has 0 aliphatic carbocycles. The van der Waals surface area contributed by atoms with Crippen LogP contribution in [0.1, 0.15) is 16.7 Å². The lowest BCUT2D eigenvalue weighted by molar-refractivity contribution is -0.991. The van der Waals surface area contributed by atoms with Gasteiger partial charge in [-0.3, -0.25) is 5.43 Å². The highest BCUT2D eigenvalue weighted by atomic mass is 16.8. The smallest absolute Gasteiger partial charge is 0.163 e. The maximum atomic E-state index is 10.9. The van der Waals surface area contributed by atoms with Crippen LogP contribution in [0, 0.1) is 12.1 Å². The number of hydrazone groups is 1. The van der Waals surface area contributed by atoms with Crippen molar-refractivity contribution >= 4 is 17.1 Å². The number of hydrogen-bond donors (Lipinski definition) is 3. The summed E-state index contributed by atoms with van der Waals surface area (Å²) in [6, 6.07) is 24.6. The highest BCUT2D eigenvalue weighted by Gasteiger charge is 2.07. The molecule has 0 aliphatic heterocycles. The van der Waals surface area contributed by atoms with E-state index in [0.29, 0.717) is 0 Å². The van der Waals surface area contributed by atoms with Gasteiger partial charge >= 0.3 is 0 Å². The maximum Gasteiger partial charge on any atom is 0.163 e. The highest BCUT2D eigenvalue weighted by Crippen LogP contribution is 2.15. The molecule has 0 bridgehead atoms. The fourth-order valence-corrected chi connectivity index (χ4v) is 2.41. The first-order valence-electron chi connectivity index (χ1n) is 7.93. The van der Waals surface area contributed by atoms with Crippen molar-refractivity contribution in [3.63, 3.8) is 0 Å². The van der Waals surface area contributed by atoms with Crippen LogP contribution in [0.3, 0.4) is 0 Å². The monoisotopic (exact) mass is 333 g/mol. The quantitative estimate of drug-likeness (QED) is 0.496. The average molecular weight is 333 g/mol. The van der Waals surface area contributed by atoms with Gasteiger partial charge in [0.15, 0.2) is 5.69 Å². The molecule has 0 saturated carbocycles. The lowest BCUT2D eigenvalue weighted by Crippen LogP contribution is -2.99. The van der Waals surface area contributed by atoms with E-state index in [9.17, 15) is 5.21 Å². The van der Waals surface area contributed by atoms with Crippen LogP contribution in [0.15, 0.2) is 84.0 Å². The van der Waals surface area contributed by atoms with Crippen LogP contribution in [0.2, 0.25) is 0 Å². The van der Waals surface area contributed by atoms with Crippen molar-refractivity contribution in [1.29, 1.82) is 0 Å². The van der Waals surface area contributed by atoms with Gasteiger partial charge in [-0.1, -0.05) is 60.2 Å². The van der Waals surface area contributed by atoms with Crippen LogP contribution < -0.4 is 10.7 Å². The van der Waals surface area contributed by atoms with E-state index < -0.39 is 5.23 Å². The molecule has 0 heterocycles. The minimum Gasteiger partial charge on any atom is -0.595 e. The third kappa shape index (κ3) is 4.30. The number of rotatable bonds is 5. The molecule has 0 aromatic heterocycles. The Kier molecular flexibility index (Phi) is 5.20.